The smallest absolute Gasteiger partial charge is 0.229 e. The molecular formula is C21H30N2O5S. The van der Waals surface area contributed by atoms with Gasteiger partial charge in [0, 0.05) is 19.2 Å². The Morgan fingerprint density at radius 3 is 2.48 bits per heavy atom. The first-order chi connectivity index (χ1) is 13.9. The second-order valence-corrected chi connectivity index (χ2v) is 10.8. The molecule has 2 aliphatic carbocycles. The molecule has 1 aromatic carbocycles. The van der Waals surface area contributed by atoms with Crippen molar-refractivity contribution in [1.82, 2.24) is 4.31 Å². The van der Waals surface area contributed by atoms with Crippen molar-refractivity contribution in [2.45, 2.75) is 50.2 Å². The molecule has 4 rings (SSSR count). The Kier molecular flexibility index (Phi) is 5.50. The number of carbonyl (C=O) groups is 1. The summed E-state index contributed by atoms with van der Waals surface area (Å²) in [6.07, 6.45) is 6.52. The molecular weight excluding hydrogens is 392 g/mol. The van der Waals surface area contributed by atoms with Crippen LogP contribution in [0, 0.1) is 11.3 Å². The molecule has 0 radical (unpaired) electrons. The second-order valence-electron chi connectivity index (χ2n) is 8.57. The minimum Gasteiger partial charge on any atom is -0.497 e. The lowest BCUT2D eigenvalue weighted by Crippen LogP contribution is -2.39. The van der Waals surface area contributed by atoms with Gasteiger partial charge in [-0.2, -0.15) is 0 Å². The Labute approximate surface area is 172 Å². The van der Waals surface area contributed by atoms with E-state index < -0.39 is 10.0 Å². The van der Waals surface area contributed by atoms with E-state index in [1.54, 1.807) is 36.7 Å². The van der Waals surface area contributed by atoms with E-state index in [1.807, 2.05) is 0 Å². The maximum absolute atomic E-state index is 13.4. The van der Waals surface area contributed by atoms with Crippen LogP contribution in [0.3, 0.4) is 0 Å². The number of hydrogen-bond acceptors (Lipinski definition) is 5. The number of benzene rings is 1. The summed E-state index contributed by atoms with van der Waals surface area (Å²) in [7, 11) is -0.168. The quantitative estimate of drug-likeness (QED) is 0.762. The molecule has 160 valence electrons. The molecule has 29 heavy (non-hydrogen) atoms. The third-order valence-corrected chi connectivity index (χ3v) is 9.06. The van der Waals surface area contributed by atoms with Gasteiger partial charge in [-0.1, -0.05) is 19.3 Å². The van der Waals surface area contributed by atoms with E-state index in [4.69, 9.17) is 9.47 Å². The molecule has 2 saturated carbocycles. The number of hydrogen-bond donors (Lipinski definition) is 1. The highest BCUT2D eigenvalue weighted by molar-refractivity contribution is 7.90. The van der Waals surface area contributed by atoms with E-state index >= 15 is 0 Å². The minimum absolute atomic E-state index is 0.132. The molecule has 0 aromatic heterocycles. The van der Waals surface area contributed by atoms with Gasteiger partial charge in [-0.3, -0.25) is 4.79 Å². The number of carbonyl (C=O) groups excluding carboxylic acids is 1. The molecule has 1 aromatic rings. The van der Waals surface area contributed by atoms with Crippen molar-refractivity contribution in [3.63, 3.8) is 0 Å². The third-order valence-electron chi connectivity index (χ3n) is 6.75. The number of sulfonamides is 1. The number of ether oxygens (including phenoxy) is 2. The molecule has 1 N–H and O–H groups in total. The summed E-state index contributed by atoms with van der Waals surface area (Å²) in [6, 6.07) is 5.26. The molecule has 7 nitrogen and oxygen atoms in total. The summed E-state index contributed by atoms with van der Waals surface area (Å²) >= 11 is 0. The van der Waals surface area contributed by atoms with Gasteiger partial charge in [0.1, 0.15) is 11.5 Å². The number of nitrogens with one attached hydrogen (secondary N) is 1. The number of rotatable bonds is 6. The van der Waals surface area contributed by atoms with E-state index in [1.165, 1.54) is 0 Å². The van der Waals surface area contributed by atoms with Crippen LogP contribution in [-0.4, -0.2) is 51.2 Å². The van der Waals surface area contributed by atoms with Crippen molar-refractivity contribution >= 4 is 21.6 Å². The lowest BCUT2D eigenvalue weighted by molar-refractivity contribution is -0.123. The van der Waals surface area contributed by atoms with Gasteiger partial charge in [0.15, 0.2) is 0 Å². The summed E-state index contributed by atoms with van der Waals surface area (Å²) in [4.78, 5) is 13.4. The predicted octanol–water partition coefficient (Wildman–Crippen LogP) is 3.02. The highest BCUT2D eigenvalue weighted by Gasteiger charge is 2.55. The minimum atomic E-state index is -3.30. The average Bonchev–Trinajstić information content (AvgIpc) is 3.52. The first-order valence-electron chi connectivity index (χ1n) is 10.4. The van der Waals surface area contributed by atoms with Crippen molar-refractivity contribution in [2.24, 2.45) is 11.3 Å². The Balaban J connectivity index is 1.60. The Bertz CT molecular complexity index is 875. The van der Waals surface area contributed by atoms with Gasteiger partial charge in [0.2, 0.25) is 15.9 Å². The summed E-state index contributed by atoms with van der Waals surface area (Å²) in [5.41, 5.74) is 0.280. The second kappa shape index (κ2) is 7.80. The van der Waals surface area contributed by atoms with Crippen LogP contribution in [0.15, 0.2) is 18.2 Å². The van der Waals surface area contributed by atoms with E-state index in [9.17, 15) is 13.2 Å². The van der Waals surface area contributed by atoms with E-state index in [-0.39, 0.29) is 29.0 Å². The summed E-state index contributed by atoms with van der Waals surface area (Å²) < 4.78 is 38.0. The predicted molar refractivity (Wildman–Crippen MR) is 111 cm³/mol. The maximum atomic E-state index is 13.4. The molecule has 3 aliphatic rings. The monoisotopic (exact) mass is 422 g/mol. The number of methoxy groups -OCH3 is 2. The average molecular weight is 423 g/mol. The van der Waals surface area contributed by atoms with E-state index in [0.29, 0.717) is 23.7 Å². The van der Waals surface area contributed by atoms with Gasteiger partial charge in [-0.15, -0.1) is 0 Å². The molecule has 1 heterocycles. The maximum Gasteiger partial charge on any atom is 0.229 e. The van der Waals surface area contributed by atoms with Crippen LogP contribution in [0.4, 0.5) is 5.69 Å². The highest BCUT2D eigenvalue weighted by Crippen LogP contribution is 2.50. The first kappa shape index (κ1) is 20.5. The Morgan fingerprint density at radius 1 is 1.14 bits per heavy atom. The van der Waals surface area contributed by atoms with E-state index in [0.717, 1.165) is 44.9 Å². The largest absolute Gasteiger partial charge is 0.497 e. The molecule has 0 unspecified atom stereocenters. The number of nitrogens with zero attached hydrogens (tertiary/aromatic N) is 1. The number of amides is 1. The molecule has 8 heteroatoms. The van der Waals surface area contributed by atoms with Crippen LogP contribution in [0.1, 0.15) is 44.9 Å². The van der Waals surface area contributed by atoms with Gasteiger partial charge >= 0.3 is 0 Å². The molecule has 1 saturated heterocycles. The van der Waals surface area contributed by atoms with Crippen LogP contribution >= 0.6 is 0 Å². The summed E-state index contributed by atoms with van der Waals surface area (Å²) in [5, 5.41) is 2.75. The summed E-state index contributed by atoms with van der Waals surface area (Å²) in [5.74, 6) is 0.689. The molecule has 1 spiro atoms. The third kappa shape index (κ3) is 3.84. The molecule has 1 amide bonds. The zero-order valence-electron chi connectivity index (χ0n) is 17.1. The highest BCUT2D eigenvalue weighted by atomic mass is 32.2. The van der Waals surface area contributed by atoms with Gasteiger partial charge in [0.25, 0.3) is 0 Å². The van der Waals surface area contributed by atoms with Crippen molar-refractivity contribution in [2.75, 3.05) is 32.6 Å². The topological polar surface area (TPSA) is 84.9 Å². The lowest BCUT2D eigenvalue weighted by atomic mass is 9.67. The normalized spacial score (nSPS) is 24.4. The SMILES string of the molecule is COc1ccc(OC)c(NC(=O)[C@H]2CN(S(=O)(=O)C3CC3)CC23CCCCC3)c1. The van der Waals surface area contributed by atoms with Crippen LogP contribution in [0.5, 0.6) is 11.5 Å². The lowest BCUT2D eigenvalue weighted by Gasteiger charge is -2.37. The zero-order chi connectivity index (χ0) is 20.6. The van der Waals surface area contributed by atoms with Crippen LogP contribution in [0.25, 0.3) is 0 Å². The zero-order valence-corrected chi connectivity index (χ0v) is 18.0. The standard InChI is InChI=1S/C21H30N2O5S/c1-27-15-6-9-19(28-2)18(12-15)22-20(24)17-13-23(29(25,26)16-7-8-16)14-21(17)10-4-3-5-11-21/h6,9,12,16-17H,3-5,7-8,10-11,13-14H2,1-2H3,(H,22,24)/t17-/m1/s1. The Hall–Kier alpha value is -1.80. The van der Waals surface area contributed by atoms with Crippen molar-refractivity contribution in [3.8, 4) is 11.5 Å². The van der Waals surface area contributed by atoms with Crippen LogP contribution in [-0.2, 0) is 14.8 Å². The van der Waals surface area contributed by atoms with Gasteiger partial charge in [-0.05, 0) is 43.2 Å². The number of anilines is 1. The fourth-order valence-electron chi connectivity index (χ4n) is 4.95. The van der Waals surface area contributed by atoms with Gasteiger partial charge in [-0.25, -0.2) is 12.7 Å². The van der Waals surface area contributed by atoms with Crippen LogP contribution in [0.2, 0.25) is 0 Å². The summed E-state index contributed by atoms with van der Waals surface area (Å²) in [6.45, 7) is 0.746. The first-order valence-corrected chi connectivity index (χ1v) is 11.9. The molecule has 3 fully saturated rings. The fraction of sp³-hybridized carbons (Fsp3) is 0.667. The van der Waals surface area contributed by atoms with Gasteiger partial charge < -0.3 is 14.8 Å². The molecule has 1 atom stereocenters. The molecule has 0 bridgehead atoms. The van der Waals surface area contributed by atoms with Crippen molar-refractivity contribution in [3.05, 3.63) is 18.2 Å². The molecule has 1 aliphatic heterocycles. The van der Waals surface area contributed by atoms with E-state index in [2.05, 4.69) is 5.32 Å². The van der Waals surface area contributed by atoms with Gasteiger partial charge in [0.05, 0.1) is 31.1 Å². The van der Waals surface area contributed by atoms with Crippen molar-refractivity contribution in [1.29, 1.82) is 0 Å². The Morgan fingerprint density at radius 2 is 1.86 bits per heavy atom. The van der Waals surface area contributed by atoms with Crippen LogP contribution < -0.4 is 14.8 Å². The van der Waals surface area contributed by atoms with Crippen molar-refractivity contribution < 1.29 is 22.7 Å². The fourth-order valence-corrected chi connectivity index (χ4v) is 6.90.